The zero-order valence-electron chi connectivity index (χ0n) is 11.7. The van der Waals surface area contributed by atoms with Crippen LogP contribution >= 0.6 is 0 Å². The average Bonchev–Trinajstić information content (AvgIpc) is 3.04. The number of aryl methyl sites for hydroxylation is 2. The van der Waals surface area contributed by atoms with Gasteiger partial charge in [-0.25, -0.2) is 14.2 Å². The standard InChI is InChI=1S/C15H14N4O2/c1-10-13(15(20)21)14(18(2)17-10)19-9-12(8-16-19)11-6-4-3-5-7-11/h3-9H,1-2H3,(H,20,21). The lowest BCUT2D eigenvalue weighted by atomic mass is 10.1. The summed E-state index contributed by atoms with van der Waals surface area (Å²) < 4.78 is 3.08. The molecule has 0 saturated heterocycles. The van der Waals surface area contributed by atoms with Crippen LogP contribution in [0.2, 0.25) is 0 Å². The van der Waals surface area contributed by atoms with Gasteiger partial charge in [-0.2, -0.15) is 10.2 Å². The van der Waals surface area contributed by atoms with Gasteiger partial charge in [0.05, 0.1) is 11.9 Å². The van der Waals surface area contributed by atoms with Crippen molar-refractivity contribution < 1.29 is 9.90 Å². The summed E-state index contributed by atoms with van der Waals surface area (Å²) in [4.78, 5) is 11.4. The van der Waals surface area contributed by atoms with Gasteiger partial charge < -0.3 is 5.11 Å². The third-order valence-corrected chi connectivity index (χ3v) is 3.31. The number of benzene rings is 1. The molecule has 0 amide bonds. The van der Waals surface area contributed by atoms with Crippen molar-refractivity contribution in [1.82, 2.24) is 19.6 Å². The molecule has 0 aliphatic rings. The molecule has 6 heteroatoms. The fraction of sp³-hybridized carbons (Fsp3) is 0.133. The summed E-state index contributed by atoms with van der Waals surface area (Å²) in [6.45, 7) is 1.68. The first-order valence-corrected chi connectivity index (χ1v) is 6.45. The normalized spacial score (nSPS) is 10.8. The first-order chi connectivity index (χ1) is 10.1. The van der Waals surface area contributed by atoms with Crippen molar-refractivity contribution >= 4 is 5.97 Å². The minimum Gasteiger partial charge on any atom is -0.477 e. The van der Waals surface area contributed by atoms with Crippen LogP contribution in [-0.4, -0.2) is 30.6 Å². The van der Waals surface area contributed by atoms with Gasteiger partial charge in [-0.1, -0.05) is 30.3 Å². The van der Waals surface area contributed by atoms with Gasteiger partial charge in [0, 0.05) is 18.8 Å². The molecule has 2 aromatic heterocycles. The first-order valence-electron chi connectivity index (χ1n) is 6.45. The molecule has 3 rings (SSSR count). The minimum absolute atomic E-state index is 0.167. The Balaban J connectivity index is 2.11. The van der Waals surface area contributed by atoms with Gasteiger partial charge in [-0.3, -0.25) is 0 Å². The number of carboxylic acid groups (broad SMARTS) is 1. The second-order valence-corrected chi connectivity index (χ2v) is 4.75. The molecular weight excluding hydrogens is 268 g/mol. The number of aromatic nitrogens is 4. The van der Waals surface area contributed by atoms with E-state index in [0.29, 0.717) is 11.5 Å². The van der Waals surface area contributed by atoms with Crippen molar-refractivity contribution in [2.24, 2.45) is 7.05 Å². The van der Waals surface area contributed by atoms with E-state index in [2.05, 4.69) is 10.2 Å². The predicted octanol–water partition coefficient (Wildman–Crippen LogP) is 2.28. The summed E-state index contributed by atoms with van der Waals surface area (Å²) in [7, 11) is 1.71. The van der Waals surface area contributed by atoms with Gasteiger partial charge >= 0.3 is 5.97 Å². The number of carbonyl (C=O) groups is 1. The van der Waals surface area contributed by atoms with Crippen LogP contribution in [0.5, 0.6) is 0 Å². The van der Waals surface area contributed by atoms with Gasteiger partial charge in [-0.05, 0) is 12.5 Å². The molecular formula is C15H14N4O2. The molecule has 0 fully saturated rings. The lowest BCUT2D eigenvalue weighted by molar-refractivity contribution is 0.0696. The Morgan fingerprint density at radius 1 is 1.19 bits per heavy atom. The summed E-state index contributed by atoms with van der Waals surface area (Å²) in [6.07, 6.45) is 3.52. The smallest absolute Gasteiger partial charge is 0.341 e. The lowest BCUT2D eigenvalue weighted by Gasteiger charge is -2.03. The highest BCUT2D eigenvalue weighted by Gasteiger charge is 2.21. The number of nitrogens with zero attached hydrogens (tertiary/aromatic N) is 4. The summed E-state index contributed by atoms with van der Waals surface area (Å²) in [5.41, 5.74) is 2.59. The molecule has 1 aromatic carbocycles. The molecule has 0 unspecified atom stereocenters. The zero-order valence-corrected chi connectivity index (χ0v) is 11.7. The molecule has 0 bridgehead atoms. The molecule has 0 aliphatic heterocycles. The summed E-state index contributed by atoms with van der Waals surface area (Å²) in [6, 6.07) is 9.80. The Hall–Kier alpha value is -2.89. The van der Waals surface area contributed by atoms with Crippen molar-refractivity contribution in [3.05, 3.63) is 54.0 Å². The van der Waals surface area contributed by atoms with E-state index in [4.69, 9.17) is 0 Å². The average molecular weight is 282 g/mol. The lowest BCUT2D eigenvalue weighted by Crippen LogP contribution is -2.08. The predicted molar refractivity (Wildman–Crippen MR) is 77.5 cm³/mol. The van der Waals surface area contributed by atoms with Crippen molar-refractivity contribution in [2.45, 2.75) is 6.92 Å². The van der Waals surface area contributed by atoms with Gasteiger partial charge in [0.1, 0.15) is 5.56 Å². The van der Waals surface area contributed by atoms with E-state index in [1.54, 1.807) is 31.0 Å². The van der Waals surface area contributed by atoms with Gasteiger partial charge in [0.15, 0.2) is 5.82 Å². The highest BCUT2D eigenvalue weighted by Crippen LogP contribution is 2.22. The number of hydrogen-bond acceptors (Lipinski definition) is 3. The molecule has 0 spiro atoms. The third-order valence-electron chi connectivity index (χ3n) is 3.31. The molecule has 0 radical (unpaired) electrons. The molecule has 21 heavy (non-hydrogen) atoms. The highest BCUT2D eigenvalue weighted by atomic mass is 16.4. The van der Waals surface area contributed by atoms with Gasteiger partial charge in [0.25, 0.3) is 0 Å². The van der Waals surface area contributed by atoms with Crippen LogP contribution in [-0.2, 0) is 7.05 Å². The Morgan fingerprint density at radius 3 is 2.57 bits per heavy atom. The number of carboxylic acids is 1. The second kappa shape index (κ2) is 4.90. The van der Waals surface area contributed by atoms with Crippen LogP contribution in [0.1, 0.15) is 16.1 Å². The van der Waals surface area contributed by atoms with Crippen LogP contribution in [0.3, 0.4) is 0 Å². The molecule has 0 saturated carbocycles. The molecule has 0 atom stereocenters. The maximum absolute atomic E-state index is 11.4. The first kappa shape index (κ1) is 13.1. The highest BCUT2D eigenvalue weighted by molar-refractivity contribution is 5.92. The fourth-order valence-electron chi connectivity index (χ4n) is 2.38. The minimum atomic E-state index is -1.01. The zero-order chi connectivity index (χ0) is 15.0. The molecule has 3 aromatic rings. The van der Waals surface area contributed by atoms with E-state index in [-0.39, 0.29) is 5.56 Å². The maximum atomic E-state index is 11.4. The third kappa shape index (κ3) is 2.20. The monoisotopic (exact) mass is 282 g/mol. The van der Waals surface area contributed by atoms with Gasteiger partial charge in [0.2, 0.25) is 0 Å². The van der Waals surface area contributed by atoms with Crippen LogP contribution in [0.25, 0.3) is 16.9 Å². The van der Waals surface area contributed by atoms with E-state index in [9.17, 15) is 9.90 Å². The van der Waals surface area contributed by atoms with Gasteiger partial charge in [-0.15, -0.1) is 0 Å². The van der Waals surface area contributed by atoms with Crippen molar-refractivity contribution in [2.75, 3.05) is 0 Å². The van der Waals surface area contributed by atoms with Crippen LogP contribution in [0, 0.1) is 6.92 Å². The van der Waals surface area contributed by atoms with E-state index in [1.165, 1.54) is 4.68 Å². The summed E-state index contributed by atoms with van der Waals surface area (Å²) >= 11 is 0. The largest absolute Gasteiger partial charge is 0.477 e. The fourth-order valence-corrected chi connectivity index (χ4v) is 2.38. The van der Waals surface area contributed by atoms with Crippen LogP contribution in [0.4, 0.5) is 0 Å². The van der Waals surface area contributed by atoms with Crippen molar-refractivity contribution in [3.8, 4) is 16.9 Å². The Kier molecular flexibility index (Phi) is 3.06. The Morgan fingerprint density at radius 2 is 1.90 bits per heavy atom. The molecule has 2 heterocycles. The topological polar surface area (TPSA) is 72.9 Å². The van der Waals surface area contributed by atoms with Crippen molar-refractivity contribution in [3.63, 3.8) is 0 Å². The van der Waals surface area contributed by atoms with Crippen molar-refractivity contribution in [1.29, 1.82) is 0 Å². The van der Waals surface area contributed by atoms with E-state index >= 15 is 0 Å². The van der Waals surface area contributed by atoms with Crippen LogP contribution in [0.15, 0.2) is 42.7 Å². The summed E-state index contributed by atoms with van der Waals surface area (Å²) in [5.74, 6) is -0.561. The molecule has 6 nitrogen and oxygen atoms in total. The second-order valence-electron chi connectivity index (χ2n) is 4.75. The Labute approximate surface area is 121 Å². The van der Waals surface area contributed by atoms with E-state index in [0.717, 1.165) is 11.1 Å². The Bertz CT molecular complexity index is 802. The number of hydrogen-bond donors (Lipinski definition) is 1. The van der Waals surface area contributed by atoms with Crippen LogP contribution < -0.4 is 0 Å². The number of aromatic carboxylic acids is 1. The molecule has 1 N–H and O–H groups in total. The van der Waals surface area contributed by atoms with E-state index in [1.807, 2.05) is 30.3 Å². The summed E-state index contributed by atoms with van der Waals surface area (Å²) in [5, 5.41) is 17.8. The number of rotatable bonds is 3. The maximum Gasteiger partial charge on any atom is 0.341 e. The molecule has 0 aliphatic carbocycles. The molecule has 106 valence electrons. The quantitative estimate of drug-likeness (QED) is 0.800. The SMILES string of the molecule is Cc1nn(C)c(-n2cc(-c3ccccc3)cn2)c1C(=O)O. The van der Waals surface area contributed by atoms with E-state index < -0.39 is 5.97 Å².